The van der Waals surface area contributed by atoms with Crippen molar-refractivity contribution < 1.29 is 13.9 Å². The fraction of sp³-hybridized carbons (Fsp3) is 0.909. The first-order valence-corrected chi connectivity index (χ1v) is 11.6. The number of ether oxygens (including phenoxy) is 1. The highest BCUT2D eigenvalue weighted by Crippen LogP contribution is 2.31. The second-order valence-corrected chi connectivity index (χ2v) is 10.2. The lowest BCUT2D eigenvalue weighted by molar-refractivity contribution is -0.126. The molecule has 0 radical (unpaired) electrons. The summed E-state index contributed by atoms with van der Waals surface area (Å²) in [5.74, 6) is 0.955. The molecule has 2 saturated carbocycles. The minimum atomic E-state index is -0.639. The first-order valence-electron chi connectivity index (χ1n) is 11.6. The van der Waals surface area contributed by atoms with Crippen LogP contribution in [0.2, 0.25) is 0 Å². The fourth-order valence-electron chi connectivity index (χ4n) is 4.86. The standard InChI is InChI=1S/C22H40FN5O2/c1-22(2,3)26-21(25-20(29)15-6-5-7-17(12-15)30-4)24-19-13-18(27-28-19)14-8-10-16(23)11-9-14/h14-19,27-28H,5-13H2,1-4H3,(H2,24,25,26,29). The van der Waals surface area contributed by atoms with Crippen molar-refractivity contribution in [3.63, 3.8) is 0 Å². The fourth-order valence-corrected chi connectivity index (χ4v) is 4.86. The summed E-state index contributed by atoms with van der Waals surface area (Å²) in [5, 5.41) is 6.39. The largest absolute Gasteiger partial charge is 0.381 e. The molecule has 0 aromatic carbocycles. The number of hydrazine groups is 1. The summed E-state index contributed by atoms with van der Waals surface area (Å²) in [7, 11) is 1.72. The van der Waals surface area contributed by atoms with Crippen LogP contribution in [-0.2, 0) is 9.53 Å². The zero-order valence-electron chi connectivity index (χ0n) is 19.0. The van der Waals surface area contributed by atoms with Gasteiger partial charge in [-0.2, -0.15) is 0 Å². The maximum absolute atomic E-state index is 13.5. The first-order chi connectivity index (χ1) is 14.2. The molecular formula is C22H40FN5O2. The highest BCUT2D eigenvalue weighted by molar-refractivity contribution is 5.98. The number of carbonyl (C=O) groups is 1. The van der Waals surface area contributed by atoms with Crippen LogP contribution in [0, 0.1) is 11.8 Å². The number of halogens is 1. The molecule has 30 heavy (non-hydrogen) atoms. The molecule has 3 aliphatic rings. The van der Waals surface area contributed by atoms with Gasteiger partial charge in [0.1, 0.15) is 12.3 Å². The number of guanidine groups is 1. The van der Waals surface area contributed by atoms with Crippen molar-refractivity contribution in [2.75, 3.05) is 7.11 Å². The van der Waals surface area contributed by atoms with Crippen LogP contribution in [0.3, 0.4) is 0 Å². The van der Waals surface area contributed by atoms with E-state index in [1.165, 1.54) is 0 Å². The van der Waals surface area contributed by atoms with Crippen molar-refractivity contribution in [3.05, 3.63) is 0 Å². The normalized spacial score (nSPS) is 35.8. The number of nitrogens with one attached hydrogen (secondary N) is 4. The van der Waals surface area contributed by atoms with E-state index in [0.717, 1.165) is 44.9 Å². The quantitative estimate of drug-likeness (QED) is 0.411. The van der Waals surface area contributed by atoms with Gasteiger partial charge in [0.2, 0.25) is 5.91 Å². The van der Waals surface area contributed by atoms with Gasteiger partial charge in [-0.25, -0.2) is 14.8 Å². The molecule has 2 aliphatic carbocycles. The van der Waals surface area contributed by atoms with E-state index in [2.05, 4.69) is 42.3 Å². The smallest absolute Gasteiger partial charge is 0.229 e. The molecule has 7 nitrogen and oxygen atoms in total. The summed E-state index contributed by atoms with van der Waals surface area (Å²) in [6.45, 7) is 6.15. The summed E-state index contributed by atoms with van der Waals surface area (Å²) < 4.78 is 18.9. The van der Waals surface area contributed by atoms with Crippen molar-refractivity contribution in [3.8, 4) is 0 Å². The zero-order chi connectivity index (χ0) is 21.7. The molecule has 1 aliphatic heterocycles. The van der Waals surface area contributed by atoms with Crippen LogP contribution in [0.15, 0.2) is 4.99 Å². The van der Waals surface area contributed by atoms with Crippen LogP contribution in [-0.4, -0.2) is 49.0 Å². The maximum Gasteiger partial charge on any atom is 0.229 e. The van der Waals surface area contributed by atoms with E-state index in [1.807, 2.05) is 0 Å². The molecule has 1 amide bonds. The minimum absolute atomic E-state index is 0.0102. The van der Waals surface area contributed by atoms with Gasteiger partial charge >= 0.3 is 0 Å². The number of aliphatic imine (C=N–C) groups is 1. The molecule has 1 heterocycles. The topological polar surface area (TPSA) is 86.8 Å². The van der Waals surface area contributed by atoms with E-state index in [0.29, 0.717) is 30.8 Å². The van der Waals surface area contributed by atoms with Crippen molar-refractivity contribution in [2.24, 2.45) is 16.8 Å². The molecule has 4 N–H and O–H groups in total. The summed E-state index contributed by atoms with van der Waals surface area (Å²) in [6.07, 6.45) is 7.06. The van der Waals surface area contributed by atoms with Gasteiger partial charge in [0, 0.05) is 31.0 Å². The van der Waals surface area contributed by atoms with Crippen molar-refractivity contribution in [1.82, 2.24) is 21.5 Å². The average Bonchev–Trinajstić information content (AvgIpc) is 3.15. The van der Waals surface area contributed by atoms with Crippen LogP contribution < -0.4 is 21.5 Å². The number of carbonyl (C=O) groups excluding carboxylic acids is 1. The van der Waals surface area contributed by atoms with Gasteiger partial charge in [0.05, 0.1) is 6.10 Å². The second-order valence-electron chi connectivity index (χ2n) is 10.2. The van der Waals surface area contributed by atoms with Gasteiger partial charge < -0.3 is 10.1 Å². The highest BCUT2D eigenvalue weighted by Gasteiger charge is 2.34. The molecule has 0 aromatic rings. The van der Waals surface area contributed by atoms with Crippen molar-refractivity contribution >= 4 is 11.9 Å². The lowest BCUT2D eigenvalue weighted by Gasteiger charge is -2.29. The van der Waals surface area contributed by atoms with Crippen molar-refractivity contribution in [2.45, 2.75) is 109 Å². The molecule has 8 heteroatoms. The summed E-state index contributed by atoms with van der Waals surface area (Å²) in [5.41, 5.74) is 6.39. The Hall–Kier alpha value is -1.25. The van der Waals surface area contributed by atoms with Crippen LogP contribution in [0.1, 0.15) is 78.6 Å². The second kappa shape index (κ2) is 10.4. The van der Waals surface area contributed by atoms with Crippen LogP contribution >= 0.6 is 0 Å². The van der Waals surface area contributed by atoms with E-state index in [-0.39, 0.29) is 29.6 Å². The minimum Gasteiger partial charge on any atom is -0.381 e. The highest BCUT2D eigenvalue weighted by atomic mass is 19.1. The maximum atomic E-state index is 13.5. The number of methoxy groups -OCH3 is 1. The van der Waals surface area contributed by atoms with Gasteiger partial charge in [-0.3, -0.25) is 15.5 Å². The van der Waals surface area contributed by atoms with E-state index in [1.54, 1.807) is 7.11 Å². The Kier molecular flexibility index (Phi) is 8.10. The van der Waals surface area contributed by atoms with Crippen molar-refractivity contribution in [1.29, 1.82) is 0 Å². The predicted molar refractivity (Wildman–Crippen MR) is 117 cm³/mol. The Balaban J connectivity index is 1.60. The van der Waals surface area contributed by atoms with Crippen LogP contribution in [0.4, 0.5) is 4.39 Å². The molecule has 4 unspecified atom stereocenters. The molecule has 3 rings (SSSR count). The molecule has 0 bridgehead atoms. The number of hydrogen-bond donors (Lipinski definition) is 4. The van der Waals surface area contributed by atoms with Gasteiger partial charge in [0.15, 0.2) is 5.96 Å². The van der Waals surface area contributed by atoms with E-state index >= 15 is 0 Å². The lowest BCUT2D eigenvalue weighted by atomic mass is 9.82. The molecular weight excluding hydrogens is 385 g/mol. The van der Waals surface area contributed by atoms with E-state index < -0.39 is 6.17 Å². The molecule has 0 aromatic heterocycles. The summed E-state index contributed by atoms with van der Waals surface area (Å²) in [4.78, 5) is 17.7. The predicted octanol–water partition coefficient (Wildman–Crippen LogP) is 2.77. The monoisotopic (exact) mass is 425 g/mol. The molecule has 4 atom stereocenters. The van der Waals surface area contributed by atoms with Crippen LogP contribution in [0.25, 0.3) is 0 Å². The third-order valence-corrected chi connectivity index (χ3v) is 6.53. The Morgan fingerprint density at radius 2 is 1.80 bits per heavy atom. The number of nitrogens with zero attached hydrogens (tertiary/aromatic N) is 1. The average molecular weight is 426 g/mol. The van der Waals surface area contributed by atoms with Crippen LogP contribution in [0.5, 0.6) is 0 Å². The van der Waals surface area contributed by atoms with Gasteiger partial charge in [0.25, 0.3) is 0 Å². The first kappa shape index (κ1) is 23.4. The third-order valence-electron chi connectivity index (χ3n) is 6.53. The zero-order valence-corrected chi connectivity index (χ0v) is 19.0. The Labute approximate surface area is 180 Å². The summed E-state index contributed by atoms with van der Waals surface area (Å²) >= 11 is 0. The van der Waals surface area contributed by atoms with E-state index in [9.17, 15) is 9.18 Å². The number of rotatable bonds is 4. The molecule has 3 fully saturated rings. The lowest BCUT2D eigenvalue weighted by Crippen LogP contribution is -2.52. The van der Waals surface area contributed by atoms with Gasteiger partial charge in [-0.05, 0) is 71.6 Å². The Bertz CT molecular complexity index is 601. The molecule has 1 saturated heterocycles. The number of amides is 1. The van der Waals surface area contributed by atoms with E-state index in [4.69, 9.17) is 9.73 Å². The Morgan fingerprint density at radius 1 is 1.07 bits per heavy atom. The molecule has 172 valence electrons. The Morgan fingerprint density at radius 3 is 2.47 bits per heavy atom. The number of hydrogen-bond acceptors (Lipinski definition) is 5. The van der Waals surface area contributed by atoms with Gasteiger partial charge in [-0.15, -0.1) is 0 Å². The summed E-state index contributed by atoms with van der Waals surface area (Å²) in [6, 6.07) is 0.290. The van der Waals surface area contributed by atoms with Gasteiger partial charge in [-0.1, -0.05) is 6.42 Å². The number of alkyl halides is 1. The molecule has 0 spiro atoms. The third kappa shape index (κ3) is 6.89. The SMILES string of the molecule is COC1CCCC(C(=O)N/C(=N/C2CC(C3CCC(F)CC3)NN2)NC(C)(C)C)C1.